The maximum absolute atomic E-state index is 12.1. The molecular weight excluding hydrogens is 484 g/mol. The van der Waals surface area contributed by atoms with Gasteiger partial charge < -0.3 is 0 Å². The number of nitrogens with one attached hydrogen (secondary N) is 1. The fourth-order valence-electron chi connectivity index (χ4n) is 3.05. The molecule has 2 fully saturated rings. The summed E-state index contributed by atoms with van der Waals surface area (Å²) in [6.45, 7) is 10.9. The first-order valence-corrected chi connectivity index (χ1v) is 10.3. The Hall–Kier alpha value is 0.850. The van der Waals surface area contributed by atoms with Crippen molar-refractivity contribution in [3.63, 3.8) is 0 Å². The number of alkyl halides is 2. The molecule has 1 aliphatic carbocycles. The molecule has 20 heavy (non-hydrogen) atoms. The zero-order valence-electron chi connectivity index (χ0n) is 12.8. The van der Waals surface area contributed by atoms with Crippen molar-refractivity contribution in [1.29, 1.82) is 0 Å². The average Bonchev–Trinajstić information content (AvgIpc) is 3.13. The fourth-order valence-corrected chi connectivity index (χ4v) is 6.39. The SMILES string of the molecule is CC1(C)CCC(C)(C)C1OCOC(=O)C(C)(I)C1N[I-]1. The van der Waals surface area contributed by atoms with E-state index < -0.39 is 3.42 Å². The quantitative estimate of drug-likeness (QED) is 0.107. The van der Waals surface area contributed by atoms with Crippen LogP contribution in [0.5, 0.6) is 0 Å². The van der Waals surface area contributed by atoms with Gasteiger partial charge in [0.2, 0.25) is 0 Å². The molecule has 1 N–H and O–H groups in total. The molecule has 4 nitrogen and oxygen atoms in total. The van der Waals surface area contributed by atoms with E-state index in [1.807, 2.05) is 6.92 Å². The second-order valence-corrected chi connectivity index (χ2v) is 12.0. The first-order chi connectivity index (χ1) is 9.07. The van der Waals surface area contributed by atoms with Gasteiger partial charge in [-0.1, -0.05) is 0 Å². The minimum absolute atomic E-state index is 0.00494. The molecule has 2 unspecified atom stereocenters. The molecule has 2 rings (SSSR count). The third-order valence-corrected chi connectivity index (χ3v) is 9.10. The van der Waals surface area contributed by atoms with E-state index in [9.17, 15) is 4.79 Å². The van der Waals surface area contributed by atoms with Gasteiger partial charge in [0.1, 0.15) is 0 Å². The number of carbonyl (C=O) groups excluding carboxylic acids is 1. The van der Waals surface area contributed by atoms with Crippen molar-refractivity contribution in [3.8, 4) is 0 Å². The average molecular weight is 508 g/mol. The van der Waals surface area contributed by atoms with E-state index in [0.29, 0.717) is 4.05 Å². The molecule has 6 heteroatoms. The van der Waals surface area contributed by atoms with Crippen LogP contribution in [-0.4, -0.2) is 26.3 Å². The van der Waals surface area contributed by atoms with E-state index in [1.165, 1.54) is 0 Å². The molecule has 0 spiro atoms. The van der Waals surface area contributed by atoms with Crippen LogP contribution in [0.4, 0.5) is 0 Å². The Balaban J connectivity index is 1.85. The van der Waals surface area contributed by atoms with Gasteiger partial charge in [-0.15, -0.1) is 0 Å². The molecule has 1 saturated carbocycles. The molecule has 0 bridgehead atoms. The molecule has 0 radical (unpaired) electrons. The molecular formula is C14H24I2NO3-. The van der Waals surface area contributed by atoms with E-state index in [-0.39, 0.29) is 51.2 Å². The molecule has 118 valence electrons. The summed E-state index contributed by atoms with van der Waals surface area (Å²) >= 11 is 2.19. The van der Waals surface area contributed by atoms with Gasteiger partial charge in [-0.05, 0) is 0 Å². The Kier molecular flexibility index (Phi) is 5.00. The Labute approximate surface area is 145 Å². The third-order valence-electron chi connectivity index (χ3n) is 4.35. The van der Waals surface area contributed by atoms with Crippen LogP contribution >= 0.6 is 22.6 Å². The molecule has 0 aromatic rings. The Bertz CT molecular complexity index is 376. The van der Waals surface area contributed by atoms with Crippen molar-refractivity contribution in [2.24, 2.45) is 10.8 Å². The van der Waals surface area contributed by atoms with Gasteiger partial charge in [-0.25, -0.2) is 0 Å². The minimum atomic E-state index is -0.449. The summed E-state index contributed by atoms with van der Waals surface area (Å²) in [6.07, 6.45) is 2.44. The van der Waals surface area contributed by atoms with Crippen LogP contribution in [0.1, 0.15) is 47.5 Å². The van der Waals surface area contributed by atoms with E-state index >= 15 is 0 Å². The molecule has 1 aliphatic heterocycles. The van der Waals surface area contributed by atoms with Gasteiger partial charge in [-0.2, -0.15) is 0 Å². The summed E-state index contributed by atoms with van der Waals surface area (Å²) in [6, 6.07) is 0. The molecule has 1 saturated heterocycles. The summed E-state index contributed by atoms with van der Waals surface area (Å²) in [4.78, 5) is 12.1. The summed E-state index contributed by atoms with van der Waals surface area (Å²) in [7, 11) is 0. The third kappa shape index (κ3) is 3.60. The topological polar surface area (TPSA) is 57.5 Å². The number of hydrogen-bond acceptors (Lipinski definition) is 4. The predicted molar refractivity (Wildman–Crippen MR) is 82.0 cm³/mol. The maximum atomic E-state index is 12.1. The number of esters is 1. The van der Waals surface area contributed by atoms with Gasteiger partial charge in [0.15, 0.2) is 0 Å². The molecule has 0 aromatic heterocycles. The van der Waals surface area contributed by atoms with Crippen LogP contribution in [0.15, 0.2) is 0 Å². The van der Waals surface area contributed by atoms with Crippen LogP contribution in [0.3, 0.4) is 0 Å². The predicted octanol–water partition coefficient (Wildman–Crippen LogP) is -0.154. The molecule has 0 aromatic carbocycles. The standard InChI is InChI=1S/C14H24I2NO3/c1-12(2)6-7-13(3,4)9(12)19-8-20-11(18)14(5,15)10-16-17-10/h9-10,17H,6-8H2,1-5H3/q-1. The summed E-state index contributed by atoms with van der Waals surface area (Å²) in [5.74, 6) is -0.165. The Morgan fingerprint density at radius 3 is 2.30 bits per heavy atom. The van der Waals surface area contributed by atoms with Crippen molar-refractivity contribution in [2.75, 3.05) is 6.79 Å². The van der Waals surface area contributed by atoms with E-state index in [1.54, 1.807) is 0 Å². The second kappa shape index (κ2) is 5.81. The van der Waals surface area contributed by atoms with Crippen LogP contribution in [0.25, 0.3) is 0 Å². The van der Waals surface area contributed by atoms with Crippen molar-refractivity contribution < 1.29 is 35.7 Å². The molecule has 1 heterocycles. The molecule has 2 atom stereocenters. The van der Waals surface area contributed by atoms with Crippen LogP contribution in [-0.2, 0) is 14.3 Å². The van der Waals surface area contributed by atoms with Crippen LogP contribution < -0.4 is 25.0 Å². The van der Waals surface area contributed by atoms with Crippen molar-refractivity contribution in [2.45, 2.75) is 61.0 Å². The first-order valence-electron chi connectivity index (χ1n) is 6.93. The molecule has 0 amide bonds. The van der Waals surface area contributed by atoms with Crippen molar-refractivity contribution in [1.82, 2.24) is 3.53 Å². The summed E-state index contributed by atoms with van der Waals surface area (Å²) in [5.41, 5.74) is 0.292. The summed E-state index contributed by atoms with van der Waals surface area (Å²) < 4.78 is 14.5. The Morgan fingerprint density at radius 1 is 1.35 bits per heavy atom. The number of rotatable bonds is 5. The van der Waals surface area contributed by atoms with Gasteiger partial charge in [-0.3, -0.25) is 0 Å². The van der Waals surface area contributed by atoms with Crippen molar-refractivity contribution in [3.05, 3.63) is 0 Å². The van der Waals surface area contributed by atoms with Gasteiger partial charge in [0.25, 0.3) is 0 Å². The zero-order chi connectivity index (χ0) is 15.2. The number of halogens is 2. The zero-order valence-corrected chi connectivity index (χ0v) is 17.1. The van der Waals surface area contributed by atoms with Gasteiger partial charge >= 0.3 is 146 Å². The van der Waals surface area contributed by atoms with Crippen LogP contribution in [0, 0.1) is 10.8 Å². The van der Waals surface area contributed by atoms with E-state index in [0.717, 1.165) is 12.8 Å². The Morgan fingerprint density at radius 2 is 1.85 bits per heavy atom. The number of ether oxygens (including phenoxy) is 2. The number of carbonyl (C=O) groups is 1. The normalized spacial score (nSPS) is 31.2. The van der Waals surface area contributed by atoms with Gasteiger partial charge in [0, 0.05) is 0 Å². The van der Waals surface area contributed by atoms with Gasteiger partial charge in [0.05, 0.1) is 0 Å². The van der Waals surface area contributed by atoms with Crippen molar-refractivity contribution >= 4 is 28.6 Å². The van der Waals surface area contributed by atoms with Crippen LogP contribution in [0.2, 0.25) is 0 Å². The molecule has 2 aliphatic rings. The first kappa shape index (κ1) is 17.2. The second-order valence-electron chi connectivity index (χ2n) is 7.23. The number of hydrogen-bond donors (Lipinski definition) is 1. The monoisotopic (exact) mass is 508 g/mol. The van der Waals surface area contributed by atoms with E-state index in [4.69, 9.17) is 9.47 Å². The summed E-state index contributed by atoms with van der Waals surface area (Å²) in [5, 5.41) is 0. The fraction of sp³-hybridized carbons (Fsp3) is 0.929. The van der Waals surface area contributed by atoms with E-state index in [2.05, 4.69) is 53.8 Å².